The first-order valence-corrected chi connectivity index (χ1v) is 11.1. The molecule has 9 heteroatoms. The number of rotatable bonds is 6. The first-order valence-electron chi connectivity index (χ1n) is 10.2. The van der Waals surface area contributed by atoms with Crippen molar-refractivity contribution < 1.29 is 13.6 Å². The van der Waals surface area contributed by atoms with Crippen LogP contribution in [0.3, 0.4) is 0 Å². The zero-order valence-electron chi connectivity index (χ0n) is 18.0. The average Bonchev–Trinajstić information content (AvgIpc) is 3.26. The standard InChI is InChI=1S/C24H21F2N3O3S/c1-14-3-4-16(9-15(14)2)12-29-23(31)22-20(7-8-33-22)28(24(29)32)13-21(30)27-11-17-5-6-18(25)10-19(17)26/h3-10H,11-13H2,1-2H3,(H,27,30). The van der Waals surface area contributed by atoms with Crippen molar-refractivity contribution in [2.45, 2.75) is 33.5 Å². The number of hydrogen-bond donors (Lipinski definition) is 1. The van der Waals surface area contributed by atoms with Gasteiger partial charge in [0.25, 0.3) is 5.56 Å². The van der Waals surface area contributed by atoms with Crippen molar-refractivity contribution in [3.05, 3.63) is 103 Å². The van der Waals surface area contributed by atoms with E-state index in [1.54, 1.807) is 11.4 Å². The third-order valence-corrected chi connectivity index (χ3v) is 6.43. The highest BCUT2D eigenvalue weighted by molar-refractivity contribution is 7.17. The van der Waals surface area contributed by atoms with Gasteiger partial charge in [-0.2, -0.15) is 0 Å². The van der Waals surface area contributed by atoms with E-state index >= 15 is 0 Å². The van der Waals surface area contributed by atoms with Crippen molar-refractivity contribution in [3.8, 4) is 0 Å². The largest absolute Gasteiger partial charge is 0.350 e. The first-order chi connectivity index (χ1) is 15.7. The molecule has 0 saturated heterocycles. The molecule has 0 radical (unpaired) electrons. The van der Waals surface area contributed by atoms with Crippen molar-refractivity contribution in [1.29, 1.82) is 0 Å². The molecular weight excluding hydrogens is 448 g/mol. The number of halogens is 2. The predicted octanol–water partition coefficient (Wildman–Crippen LogP) is 3.48. The van der Waals surface area contributed by atoms with Crippen LogP contribution in [0.15, 0.2) is 57.4 Å². The van der Waals surface area contributed by atoms with Crippen LogP contribution in [-0.4, -0.2) is 15.0 Å². The summed E-state index contributed by atoms with van der Waals surface area (Å²) in [6.07, 6.45) is 0. The van der Waals surface area contributed by atoms with Crippen molar-refractivity contribution in [2.75, 3.05) is 0 Å². The second-order valence-electron chi connectivity index (χ2n) is 7.83. The number of nitrogens with one attached hydrogen (secondary N) is 1. The van der Waals surface area contributed by atoms with Crippen LogP contribution < -0.4 is 16.6 Å². The minimum atomic E-state index is -0.769. The third-order valence-electron chi connectivity index (χ3n) is 5.54. The summed E-state index contributed by atoms with van der Waals surface area (Å²) >= 11 is 1.20. The molecule has 4 rings (SSSR count). The lowest BCUT2D eigenvalue weighted by Crippen LogP contribution is -2.42. The SMILES string of the molecule is Cc1ccc(Cn2c(=O)c3sccc3n(CC(=O)NCc3ccc(F)cc3F)c2=O)cc1C. The summed E-state index contributed by atoms with van der Waals surface area (Å²) in [6, 6.07) is 10.4. The molecule has 0 aliphatic heterocycles. The van der Waals surface area contributed by atoms with Crippen molar-refractivity contribution in [2.24, 2.45) is 0 Å². The summed E-state index contributed by atoms with van der Waals surface area (Å²) in [7, 11) is 0. The monoisotopic (exact) mass is 469 g/mol. The number of amides is 1. The zero-order chi connectivity index (χ0) is 23.7. The predicted molar refractivity (Wildman–Crippen MR) is 124 cm³/mol. The Morgan fingerprint density at radius 2 is 1.79 bits per heavy atom. The number of carbonyl (C=O) groups excluding carboxylic acids is 1. The molecule has 170 valence electrons. The number of carbonyl (C=O) groups is 1. The van der Waals surface area contributed by atoms with Gasteiger partial charge >= 0.3 is 5.69 Å². The van der Waals surface area contributed by atoms with Gasteiger partial charge in [-0.1, -0.05) is 24.3 Å². The topological polar surface area (TPSA) is 73.1 Å². The molecule has 2 aromatic carbocycles. The summed E-state index contributed by atoms with van der Waals surface area (Å²) in [5.74, 6) is -2.01. The summed E-state index contributed by atoms with van der Waals surface area (Å²) in [5, 5.41) is 4.23. The Morgan fingerprint density at radius 3 is 2.52 bits per heavy atom. The third kappa shape index (κ3) is 4.63. The van der Waals surface area contributed by atoms with Gasteiger partial charge in [0.05, 0.1) is 12.1 Å². The molecule has 4 aromatic rings. The van der Waals surface area contributed by atoms with Crippen LogP contribution in [0.5, 0.6) is 0 Å². The first kappa shape index (κ1) is 22.6. The van der Waals surface area contributed by atoms with Crippen LogP contribution in [0.4, 0.5) is 8.78 Å². The lowest BCUT2D eigenvalue weighted by Gasteiger charge is -2.13. The Labute approximate surface area is 191 Å². The van der Waals surface area contributed by atoms with Crippen LogP contribution in [0, 0.1) is 25.5 Å². The number of nitrogens with zero attached hydrogens (tertiary/aromatic N) is 2. The number of aromatic nitrogens is 2. The van der Waals surface area contributed by atoms with E-state index in [9.17, 15) is 23.2 Å². The summed E-state index contributed by atoms with van der Waals surface area (Å²) in [5.41, 5.74) is 2.43. The molecule has 0 spiro atoms. The van der Waals surface area contributed by atoms with Crippen molar-refractivity contribution in [1.82, 2.24) is 14.5 Å². The smallest absolute Gasteiger partial charge is 0.332 e. The molecule has 2 heterocycles. The van der Waals surface area contributed by atoms with Crippen molar-refractivity contribution in [3.63, 3.8) is 0 Å². The number of thiophene rings is 1. The second-order valence-corrected chi connectivity index (χ2v) is 8.74. The summed E-state index contributed by atoms with van der Waals surface area (Å²) in [6.45, 7) is 3.51. The minimum absolute atomic E-state index is 0.0784. The fourth-order valence-corrected chi connectivity index (χ4v) is 4.41. The maximum atomic E-state index is 13.8. The van der Waals surface area contributed by atoms with E-state index < -0.39 is 28.8 Å². The fourth-order valence-electron chi connectivity index (χ4n) is 3.57. The van der Waals surface area contributed by atoms with E-state index in [0.717, 1.165) is 33.4 Å². The highest BCUT2D eigenvalue weighted by Gasteiger charge is 2.17. The number of aryl methyl sites for hydroxylation is 2. The zero-order valence-corrected chi connectivity index (χ0v) is 18.8. The molecule has 1 N–H and O–H groups in total. The molecule has 0 bridgehead atoms. The molecule has 1 amide bonds. The molecular formula is C24H21F2N3O3S. The highest BCUT2D eigenvalue weighted by Crippen LogP contribution is 2.16. The molecule has 33 heavy (non-hydrogen) atoms. The molecule has 0 atom stereocenters. The highest BCUT2D eigenvalue weighted by atomic mass is 32.1. The van der Waals surface area contributed by atoms with E-state index in [-0.39, 0.29) is 25.2 Å². The van der Waals surface area contributed by atoms with Gasteiger partial charge in [0.2, 0.25) is 5.91 Å². The Bertz CT molecular complexity index is 1490. The van der Waals surface area contributed by atoms with Crippen LogP contribution >= 0.6 is 11.3 Å². The van der Waals surface area contributed by atoms with Gasteiger partial charge in [-0.25, -0.2) is 13.6 Å². The second kappa shape index (κ2) is 9.11. The van der Waals surface area contributed by atoms with Crippen LogP contribution in [-0.2, 0) is 24.4 Å². The van der Waals surface area contributed by atoms with Crippen LogP contribution in [0.2, 0.25) is 0 Å². The normalized spacial score (nSPS) is 11.2. The quantitative estimate of drug-likeness (QED) is 0.470. The Kier molecular flexibility index (Phi) is 6.24. The fraction of sp³-hybridized carbons (Fsp3) is 0.208. The van der Waals surface area contributed by atoms with Gasteiger partial charge in [-0.15, -0.1) is 11.3 Å². The van der Waals surface area contributed by atoms with Crippen molar-refractivity contribution >= 4 is 27.5 Å². The van der Waals surface area contributed by atoms with Gasteiger partial charge in [0.1, 0.15) is 22.9 Å². The maximum Gasteiger partial charge on any atom is 0.332 e. The molecule has 0 unspecified atom stereocenters. The molecule has 0 saturated carbocycles. The van der Waals surface area contributed by atoms with Crippen LogP contribution in [0.1, 0.15) is 22.3 Å². The Balaban J connectivity index is 1.63. The average molecular weight is 470 g/mol. The number of fused-ring (bicyclic) bond motifs is 1. The lowest BCUT2D eigenvalue weighted by molar-refractivity contribution is -0.121. The summed E-state index contributed by atoms with van der Waals surface area (Å²) in [4.78, 5) is 38.7. The van der Waals surface area contributed by atoms with Gasteiger partial charge in [0, 0.05) is 18.2 Å². The van der Waals surface area contributed by atoms with Crippen LogP contribution in [0.25, 0.3) is 10.2 Å². The maximum absolute atomic E-state index is 13.8. The number of hydrogen-bond acceptors (Lipinski definition) is 4. The molecule has 6 nitrogen and oxygen atoms in total. The Morgan fingerprint density at radius 1 is 1.00 bits per heavy atom. The van der Waals surface area contributed by atoms with Gasteiger partial charge < -0.3 is 5.32 Å². The van der Waals surface area contributed by atoms with Gasteiger partial charge in [-0.3, -0.25) is 18.7 Å². The van der Waals surface area contributed by atoms with E-state index in [2.05, 4.69) is 5.32 Å². The molecule has 0 aliphatic carbocycles. The van der Waals surface area contributed by atoms with E-state index in [1.165, 1.54) is 22.0 Å². The number of benzene rings is 2. The minimum Gasteiger partial charge on any atom is -0.350 e. The van der Waals surface area contributed by atoms with Gasteiger partial charge in [0.15, 0.2) is 0 Å². The Hall–Kier alpha value is -3.59. The molecule has 2 aromatic heterocycles. The van der Waals surface area contributed by atoms with Gasteiger partial charge in [-0.05, 0) is 48.1 Å². The molecule has 0 fully saturated rings. The molecule has 0 aliphatic rings. The lowest BCUT2D eigenvalue weighted by atomic mass is 10.1. The van der Waals surface area contributed by atoms with E-state index in [4.69, 9.17) is 0 Å². The van der Waals surface area contributed by atoms with E-state index in [0.29, 0.717) is 10.2 Å². The van der Waals surface area contributed by atoms with E-state index in [1.807, 2.05) is 32.0 Å². The summed E-state index contributed by atoms with van der Waals surface area (Å²) < 4.78 is 29.6.